The largest absolute Gasteiger partial charge is 0.490 e. The topological polar surface area (TPSA) is 180 Å². The van der Waals surface area contributed by atoms with Crippen molar-refractivity contribution in [2.24, 2.45) is 0 Å². The first-order valence-electron chi connectivity index (χ1n) is 14.2. The molecule has 2 aliphatic heterocycles. The molecule has 3 aromatic heterocycles. The second kappa shape index (κ2) is 16.9. The van der Waals surface area contributed by atoms with Crippen molar-refractivity contribution in [2.45, 2.75) is 25.1 Å². The summed E-state index contributed by atoms with van der Waals surface area (Å²) in [5, 5.41) is 21.4. The standard InChI is InChI=1S/C23H22N6O2.3C2HF3O2/c1-2-20-21(31-16-30-20)13-17(1)15-27-9-11-28(12-10-27)22-23-26-14-19(29(23)8-7-25-22)18-3-5-24-6-4-18;3*3-2(4,5)1(6)7/h1-8,13-14H,9-12,15-16H2;3*(H,6,7). The summed E-state index contributed by atoms with van der Waals surface area (Å²) in [4.78, 5) is 44.9. The lowest BCUT2D eigenvalue weighted by Gasteiger charge is -2.35. The first-order valence-corrected chi connectivity index (χ1v) is 14.2. The van der Waals surface area contributed by atoms with Crippen LogP contribution < -0.4 is 14.4 Å². The van der Waals surface area contributed by atoms with E-state index in [0.717, 1.165) is 66.9 Å². The molecule has 5 heterocycles. The van der Waals surface area contributed by atoms with Gasteiger partial charge in [0.2, 0.25) is 6.79 Å². The van der Waals surface area contributed by atoms with E-state index < -0.39 is 36.4 Å². The van der Waals surface area contributed by atoms with E-state index in [0.29, 0.717) is 6.79 Å². The fraction of sp³-hybridized carbons (Fsp3) is 0.310. The number of aromatic nitrogens is 4. The average Bonchev–Trinajstić information content (AvgIpc) is 3.72. The summed E-state index contributed by atoms with van der Waals surface area (Å²) in [6, 6.07) is 10.2. The molecule has 0 saturated carbocycles. The summed E-state index contributed by atoms with van der Waals surface area (Å²) >= 11 is 0. The molecule has 52 heavy (non-hydrogen) atoms. The molecule has 1 aromatic carbocycles. The van der Waals surface area contributed by atoms with Gasteiger partial charge in [0.15, 0.2) is 23.0 Å². The maximum absolute atomic E-state index is 10.6. The number of aliphatic carboxylic acids is 3. The van der Waals surface area contributed by atoms with Crippen molar-refractivity contribution in [3.05, 3.63) is 66.9 Å². The van der Waals surface area contributed by atoms with Crippen molar-refractivity contribution >= 4 is 29.4 Å². The van der Waals surface area contributed by atoms with Gasteiger partial charge in [-0.05, 0) is 29.8 Å². The molecule has 0 atom stereocenters. The number of alkyl halides is 9. The number of imidazole rings is 1. The van der Waals surface area contributed by atoms with Gasteiger partial charge in [-0.15, -0.1) is 0 Å². The van der Waals surface area contributed by atoms with Crippen molar-refractivity contribution in [3.8, 4) is 22.8 Å². The van der Waals surface area contributed by atoms with Crippen LogP contribution in [0.3, 0.4) is 0 Å². The molecule has 0 spiro atoms. The first-order chi connectivity index (χ1) is 24.2. The van der Waals surface area contributed by atoms with E-state index in [1.54, 1.807) is 12.4 Å². The number of rotatable bonds is 4. The number of carbonyl (C=O) groups is 3. The Morgan fingerprint density at radius 3 is 1.75 bits per heavy atom. The normalized spacial score (nSPS) is 14.2. The molecule has 0 amide bonds. The van der Waals surface area contributed by atoms with E-state index in [1.165, 1.54) is 5.56 Å². The van der Waals surface area contributed by atoms with Crippen LogP contribution in [0.5, 0.6) is 11.5 Å². The maximum Gasteiger partial charge on any atom is 0.490 e. The van der Waals surface area contributed by atoms with Crippen LogP contribution in [0.4, 0.5) is 45.3 Å². The molecule has 282 valence electrons. The van der Waals surface area contributed by atoms with E-state index in [2.05, 4.69) is 41.3 Å². The molecule has 14 nitrogen and oxygen atoms in total. The Bertz CT molecular complexity index is 1770. The fourth-order valence-electron chi connectivity index (χ4n) is 4.28. The summed E-state index contributed by atoms with van der Waals surface area (Å²) in [6.45, 7) is 4.97. The zero-order valence-corrected chi connectivity index (χ0v) is 26.0. The van der Waals surface area contributed by atoms with Crippen LogP contribution in [0.2, 0.25) is 0 Å². The molecule has 6 rings (SSSR count). The van der Waals surface area contributed by atoms with Crippen molar-refractivity contribution in [3.63, 3.8) is 0 Å². The molecule has 2 aliphatic rings. The molecule has 0 bridgehead atoms. The highest BCUT2D eigenvalue weighted by Gasteiger charge is 2.39. The van der Waals surface area contributed by atoms with Gasteiger partial charge >= 0.3 is 36.4 Å². The van der Waals surface area contributed by atoms with Crippen molar-refractivity contribution in [1.82, 2.24) is 24.3 Å². The number of halogens is 9. The number of nitrogens with zero attached hydrogens (tertiary/aromatic N) is 6. The molecule has 0 unspecified atom stereocenters. The lowest BCUT2D eigenvalue weighted by Crippen LogP contribution is -2.46. The van der Waals surface area contributed by atoms with Crippen LogP contribution in [0.1, 0.15) is 5.56 Å². The minimum atomic E-state index is -5.08. The number of fused-ring (bicyclic) bond motifs is 2. The molecule has 23 heteroatoms. The first kappa shape index (κ1) is 40.6. The second-order valence-corrected chi connectivity index (χ2v) is 10.2. The minimum absolute atomic E-state index is 0.312. The van der Waals surface area contributed by atoms with Gasteiger partial charge < -0.3 is 29.7 Å². The number of hydrogen-bond donors (Lipinski definition) is 3. The van der Waals surface area contributed by atoms with Crippen molar-refractivity contribution in [1.29, 1.82) is 0 Å². The van der Waals surface area contributed by atoms with Crippen LogP contribution in [-0.4, -0.2) is 109 Å². The highest BCUT2D eigenvalue weighted by molar-refractivity contribution is 5.74. The predicted octanol–water partition coefficient (Wildman–Crippen LogP) is 4.74. The minimum Gasteiger partial charge on any atom is -0.475 e. The predicted molar refractivity (Wildman–Crippen MR) is 157 cm³/mol. The number of pyridine rings is 1. The average molecular weight is 757 g/mol. The Morgan fingerprint density at radius 2 is 1.23 bits per heavy atom. The van der Waals surface area contributed by atoms with Gasteiger partial charge in [0.05, 0.1) is 11.9 Å². The van der Waals surface area contributed by atoms with Crippen LogP contribution in [-0.2, 0) is 20.9 Å². The van der Waals surface area contributed by atoms with E-state index in [9.17, 15) is 39.5 Å². The number of hydrogen-bond acceptors (Lipinski definition) is 10. The molecule has 0 radical (unpaired) electrons. The Balaban J connectivity index is 0.000000285. The summed E-state index contributed by atoms with van der Waals surface area (Å²) in [5.41, 5.74) is 4.27. The number of anilines is 1. The Hall–Kier alpha value is -5.87. The van der Waals surface area contributed by atoms with Crippen LogP contribution in [0.25, 0.3) is 16.9 Å². The summed E-state index contributed by atoms with van der Waals surface area (Å²) in [6.07, 6.45) is -5.91. The van der Waals surface area contributed by atoms with Crippen LogP contribution >= 0.6 is 0 Å². The molecule has 4 aromatic rings. The van der Waals surface area contributed by atoms with Gasteiger partial charge in [-0.25, -0.2) is 24.4 Å². The van der Waals surface area contributed by atoms with E-state index in [1.807, 2.05) is 36.8 Å². The molecule has 3 N–H and O–H groups in total. The maximum atomic E-state index is 10.6. The Morgan fingerprint density at radius 1 is 0.712 bits per heavy atom. The third kappa shape index (κ3) is 11.6. The van der Waals surface area contributed by atoms with Crippen molar-refractivity contribution < 1.29 is 78.7 Å². The molecule has 0 aliphatic carbocycles. The summed E-state index contributed by atoms with van der Waals surface area (Å²) < 4.78 is 108. The fourth-order valence-corrected chi connectivity index (χ4v) is 4.28. The van der Waals surface area contributed by atoms with Gasteiger partial charge in [-0.1, -0.05) is 6.07 Å². The SMILES string of the molecule is O=C(O)C(F)(F)F.O=C(O)C(F)(F)F.O=C(O)C(F)(F)F.c1cc(-c2cnc3c(N4CCN(Cc5ccc6c(c5)OCO6)CC4)nccn23)ccn1. The monoisotopic (exact) mass is 756 g/mol. The number of benzene rings is 1. The molecular weight excluding hydrogens is 731 g/mol. The Kier molecular flexibility index (Phi) is 13.2. The van der Waals surface area contributed by atoms with Gasteiger partial charge in [0.25, 0.3) is 0 Å². The highest BCUT2D eigenvalue weighted by Crippen LogP contribution is 2.33. The smallest absolute Gasteiger partial charge is 0.475 e. The number of carboxylic acid groups (broad SMARTS) is 3. The zero-order chi connectivity index (χ0) is 38.9. The van der Waals surface area contributed by atoms with E-state index in [-0.39, 0.29) is 0 Å². The van der Waals surface area contributed by atoms with Crippen molar-refractivity contribution in [2.75, 3.05) is 37.9 Å². The Labute approximate surface area is 285 Å². The summed E-state index contributed by atoms with van der Waals surface area (Å²) in [7, 11) is 0. The van der Waals surface area contributed by atoms with E-state index >= 15 is 0 Å². The van der Waals surface area contributed by atoms with E-state index in [4.69, 9.17) is 39.2 Å². The lowest BCUT2D eigenvalue weighted by molar-refractivity contribution is -0.193. The van der Waals surface area contributed by atoms with Gasteiger partial charge in [0, 0.05) is 63.1 Å². The van der Waals surface area contributed by atoms with Crippen LogP contribution in [0, 0.1) is 0 Å². The number of piperazine rings is 1. The van der Waals surface area contributed by atoms with Gasteiger partial charge in [-0.2, -0.15) is 39.5 Å². The highest BCUT2D eigenvalue weighted by atomic mass is 19.4. The van der Waals surface area contributed by atoms with Gasteiger partial charge in [0.1, 0.15) is 0 Å². The third-order valence-corrected chi connectivity index (χ3v) is 6.63. The summed E-state index contributed by atoms with van der Waals surface area (Å²) in [5.74, 6) is -5.66. The molecule has 1 fully saturated rings. The molecular formula is C29H25F9N6O8. The zero-order valence-electron chi connectivity index (χ0n) is 26.0. The number of carboxylic acids is 3. The van der Waals surface area contributed by atoms with Crippen LogP contribution in [0.15, 0.2) is 61.3 Å². The lowest BCUT2D eigenvalue weighted by atomic mass is 10.1. The quantitative estimate of drug-likeness (QED) is 0.243. The van der Waals surface area contributed by atoms with Gasteiger partial charge in [-0.3, -0.25) is 14.3 Å². The number of ether oxygens (including phenoxy) is 2. The third-order valence-electron chi connectivity index (χ3n) is 6.63. The second-order valence-electron chi connectivity index (χ2n) is 10.2. The molecule has 1 saturated heterocycles.